The first-order valence-electron chi connectivity index (χ1n) is 4.90. The third-order valence-corrected chi connectivity index (χ3v) is 2.62. The Morgan fingerprint density at radius 2 is 2.19 bits per heavy atom. The molecule has 0 spiro atoms. The summed E-state index contributed by atoms with van der Waals surface area (Å²) in [4.78, 5) is 23.7. The first-order chi connectivity index (χ1) is 7.58. The Morgan fingerprint density at radius 3 is 2.75 bits per heavy atom. The Kier molecular flexibility index (Phi) is 2.52. The molecule has 1 aromatic rings. The van der Waals surface area contributed by atoms with Crippen molar-refractivity contribution in [2.45, 2.75) is 6.42 Å². The average Bonchev–Trinajstić information content (AvgIpc) is 2.60. The van der Waals surface area contributed by atoms with Crippen molar-refractivity contribution < 1.29 is 19.8 Å². The molecular weight excluding hydrogens is 210 g/mol. The molecule has 2 rings (SSSR count). The lowest BCUT2D eigenvalue weighted by Crippen LogP contribution is -2.25. The number of carbonyl (C=O) groups excluding carboxylic acids is 1. The molecule has 0 radical (unpaired) electrons. The van der Waals surface area contributed by atoms with E-state index in [1.807, 2.05) is 0 Å². The first-order valence-corrected chi connectivity index (χ1v) is 4.90. The summed E-state index contributed by atoms with van der Waals surface area (Å²) in [5.41, 5.74) is 0.536. The summed E-state index contributed by atoms with van der Waals surface area (Å²) in [7, 11) is 0. The molecule has 1 amide bonds. The molecule has 0 aliphatic carbocycles. The minimum atomic E-state index is -0.962. The summed E-state index contributed by atoms with van der Waals surface area (Å²) in [6, 6.07) is 6.23. The summed E-state index contributed by atoms with van der Waals surface area (Å²) in [5.74, 6) is -1.78. The van der Waals surface area contributed by atoms with E-state index < -0.39 is 11.9 Å². The van der Waals surface area contributed by atoms with Crippen LogP contribution < -0.4 is 4.90 Å². The lowest BCUT2D eigenvalue weighted by molar-refractivity contribution is -0.141. The number of hydrogen-bond acceptors (Lipinski definition) is 3. The molecule has 1 aliphatic rings. The highest BCUT2D eigenvalue weighted by atomic mass is 16.4. The van der Waals surface area contributed by atoms with E-state index in [9.17, 15) is 14.7 Å². The topological polar surface area (TPSA) is 77.8 Å². The van der Waals surface area contributed by atoms with Crippen LogP contribution in [0.4, 0.5) is 5.69 Å². The number of benzene rings is 1. The fourth-order valence-electron chi connectivity index (χ4n) is 1.78. The normalized spacial score (nSPS) is 20.1. The minimum absolute atomic E-state index is 0.0188. The van der Waals surface area contributed by atoms with Gasteiger partial charge in [0, 0.05) is 24.7 Å². The van der Waals surface area contributed by atoms with Crippen LogP contribution in [0.2, 0.25) is 0 Å². The fourth-order valence-corrected chi connectivity index (χ4v) is 1.78. The van der Waals surface area contributed by atoms with Crippen molar-refractivity contribution in [3.8, 4) is 5.75 Å². The highest BCUT2D eigenvalue weighted by Crippen LogP contribution is 2.27. The zero-order valence-corrected chi connectivity index (χ0v) is 8.46. The first kappa shape index (κ1) is 10.5. The van der Waals surface area contributed by atoms with Crippen molar-refractivity contribution in [3.05, 3.63) is 24.3 Å². The molecule has 5 heteroatoms. The number of phenolic OH excluding ortho intramolecular Hbond substituents is 1. The zero-order chi connectivity index (χ0) is 11.7. The van der Waals surface area contributed by atoms with E-state index >= 15 is 0 Å². The summed E-state index contributed by atoms with van der Waals surface area (Å²) in [5, 5.41) is 18.1. The van der Waals surface area contributed by atoms with Crippen molar-refractivity contribution in [3.63, 3.8) is 0 Å². The Hall–Kier alpha value is -2.04. The van der Waals surface area contributed by atoms with E-state index in [-0.39, 0.29) is 24.6 Å². The summed E-state index contributed by atoms with van der Waals surface area (Å²) in [6.07, 6.45) is 0.0188. The number of carboxylic acids is 1. The monoisotopic (exact) mass is 221 g/mol. The lowest BCUT2D eigenvalue weighted by Gasteiger charge is -2.15. The molecule has 1 saturated heterocycles. The molecule has 1 aliphatic heterocycles. The summed E-state index contributed by atoms with van der Waals surface area (Å²) < 4.78 is 0. The van der Waals surface area contributed by atoms with Crippen LogP contribution in [0.25, 0.3) is 0 Å². The van der Waals surface area contributed by atoms with Crippen LogP contribution in [0.15, 0.2) is 24.3 Å². The van der Waals surface area contributed by atoms with Gasteiger partial charge in [-0.25, -0.2) is 0 Å². The second-order valence-corrected chi connectivity index (χ2v) is 3.76. The van der Waals surface area contributed by atoms with E-state index in [0.29, 0.717) is 5.69 Å². The van der Waals surface area contributed by atoms with Crippen LogP contribution in [0, 0.1) is 5.92 Å². The van der Waals surface area contributed by atoms with Gasteiger partial charge >= 0.3 is 5.97 Å². The van der Waals surface area contributed by atoms with Crippen LogP contribution >= 0.6 is 0 Å². The van der Waals surface area contributed by atoms with Gasteiger partial charge in [-0.05, 0) is 12.1 Å². The van der Waals surface area contributed by atoms with Gasteiger partial charge in [0.15, 0.2) is 0 Å². The van der Waals surface area contributed by atoms with Gasteiger partial charge in [-0.3, -0.25) is 9.59 Å². The maximum absolute atomic E-state index is 11.6. The molecule has 84 valence electrons. The van der Waals surface area contributed by atoms with Gasteiger partial charge in [0.25, 0.3) is 0 Å². The Bertz CT molecular complexity index is 443. The highest BCUT2D eigenvalue weighted by molar-refractivity contribution is 5.99. The van der Waals surface area contributed by atoms with Gasteiger partial charge in [0.1, 0.15) is 5.75 Å². The summed E-state index contributed by atoms with van der Waals surface area (Å²) in [6.45, 7) is 0.164. The number of anilines is 1. The number of carbonyl (C=O) groups is 2. The summed E-state index contributed by atoms with van der Waals surface area (Å²) >= 11 is 0. The van der Waals surface area contributed by atoms with Crippen molar-refractivity contribution in [1.82, 2.24) is 0 Å². The molecule has 0 bridgehead atoms. The maximum atomic E-state index is 11.6. The molecule has 0 aromatic heterocycles. The van der Waals surface area contributed by atoms with Crippen LogP contribution in [0.3, 0.4) is 0 Å². The smallest absolute Gasteiger partial charge is 0.308 e. The van der Waals surface area contributed by atoms with Crippen LogP contribution in [-0.4, -0.2) is 28.6 Å². The molecule has 0 saturated carbocycles. The van der Waals surface area contributed by atoms with E-state index in [2.05, 4.69) is 0 Å². The molecular formula is C11H11NO4. The number of phenols is 1. The van der Waals surface area contributed by atoms with Crippen LogP contribution in [0.5, 0.6) is 5.75 Å². The number of hydrogen-bond donors (Lipinski definition) is 2. The minimum Gasteiger partial charge on any atom is -0.508 e. The van der Waals surface area contributed by atoms with Crippen molar-refractivity contribution in [2.75, 3.05) is 11.4 Å². The predicted molar refractivity (Wildman–Crippen MR) is 56.2 cm³/mol. The van der Waals surface area contributed by atoms with Gasteiger partial charge < -0.3 is 15.1 Å². The third-order valence-electron chi connectivity index (χ3n) is 2.62. The van der Waals surface area contributed by atoms with Crippen LogP contribution in [-0.2, 0) is 9.59 Å². The largest absolute Gasteiger partial charge is 0.508 e. The highest BCUT2D eigenvalue weighted by Gasteiger charge is 2.34. The van der Waals surface area contributed by atoms with E-state index in [0.717, 1.165) is 0 Å². The fraction of sp³-hybridized carbons (Fsp3) is 0.273. The molecule has 1 unspecified atom stereocenters. The van der Waals surface area contributed by atoms with Gasteiger partial charge in [0.05, 0.1) is 5.92 Å². The third kappa shape index (κ3) is 1.84. The van der Waals surface area contributed by atoms with Crippen LogP contribution in [0.1, 0.15) is 6.42 Å². The second-order valence-electron chi connectivity index (χ2n) is 3.76. The second kappa shape index (κ2) is 3.84. The molecule has 2 N–H and O–H groups in total. The van der Waals surface area contributed by atoms with E-state index in [4.69, 9.17) is 5.11 Å². The number of nitrogens with zero attached hydrogens (tertiary/aromatic N) is 1. The molecule has 1 aromatic carbocycles. The van der Waals surface area contributed by atoms with Gasteiger partial charge in [0.2, 0.25) is 5.91 Å². The van der Waals surface area contributed by atoms with E-state index in [1.165, 1.54) is 17.0 Å². The Morgan fingerprint density at radius 1 is 1.44 bits per heavy atom. The number of aromatic hydroxyl groups is 1. The molecule has 1 fully saturated rings. The van der Waals surface area contributed by atoms with Gasteiger partial charge in [-0.1, -0.05) is 6.07 Å². The van der Waals surface area contributed by atoms with Gasteiger partial charge in [-0.2, -0.15) is 0 Å². The van der Waals surface area contributed by atoms with Crippen molar-refractivity contribution in [1.29, 1.82) is 0 Å². The number of aliphatic carboxylic acids is 1. The molecule has 1 heterocycles. The number of rotatable bonds is 2. The average molecular weight is 221 g/mol. The SMILES string of the molecule is O=C(O)C1CC(=O)N(c2cccc(O)c2)C1. The molecule has 16 heavy (non-hydrogen) atoms. The van der Waals surface area contributed by atoms with Gasteiger partial charge in [-0.15, -0.1) is 0 Å². The quantitative estimate of drug-likeness (QED) is 0.775. The molecule has 5 nitrogen and oxygen atoms in total. The Labute approximate surface area is 91.9 Å². The molecule has 1 atom stereocenters. The number of carboxylic acid groups (broad SMARTS) is 1. The zero-order valence-electron chi connectivity index (χ0n) is 8.46. The lowest BCUT2D eigenvalue weighted by atomic mass is 10.1. The predicted octanol–water partition coefficient (Wildman–Crippen LogP) is 0.830. The Balaban J connectivity index is 2.23. The number of amides is 1. The van der Waals surface area contributed by atoms with Crippen molar-refractivity contribution >= 4 is 17.6 Å². The van der Waals surface area contributed by atoms with Crippen molar-refractivity contribution in [2.24, 2.45) is 5.92 Å². The maximum Gasteiger partial charge on any atom is 0.308 e. The van der Waals surface area contributed by atoms with E-state index in [1.54, 1.807) is 12.1 Å². The standard InChI is InChI=1S/C11H11NO4/c13-9-3-1-2-8(5-9)12-6-7(11(15)16)4-10(12)14/h1-3,5,7,13H,4,6H2,(H,15,16).